The van der Waals surface area contributed by atoms with Gasteiger partial charge in [0.05, 0.1) is 19.3 Å². The highest BCUT2D eigenvalue weighted by Gasteiger charge is 2.27. The van der Waals surface area contributed by atoms with Crippen molar-refractivity contribution in [3.63, 3.8) is 0 Å². The van der Waals surface area contributed by atoms with Gasteiger partial charge in [-0.05, 0) is 31.4 Å². The minimum atomic E-state index is -0.255. The van der Waals surface area contributed by atoms with Crippen molar-refractivity contribution >= 4 is 0 Å². The van der Waals surface area contributed by atoms with E-state index in [1.165, 1.54) is 18.4 Å². The average Bonchev–Trinajstić information content (AvgIpc) is 2.96. The van der Waals surface area contributed by atoms with Crippen LogP contribution in [0, 0.1) is 0 Å². The van der Waals surface area contributed by atoms with Crippen LogP contribution in [0.1, 0.15) is 18.4 Å². The fraction of sp³-hybridized carbons (Fsp3) is 0.667. The van der Waals surface area contributed by atoms with E-state index in [2.05, 4.69) is 40.1 Å². The standard InChI is InChI=1S/C18H28N2O2/c21-18(14-19-9-11-22-12-10-19)15-20-8-4-7-17(20)13-16-5-2-1-3-6-16/h1-3,5-6,17-18,21H,4,7-15H2. The summed E-state index contributed by atoms with van der Waals surface area (Å²) < 4.78 is 5.36. The number of nitrogens with zero attached hydrogens (tertiary/aromatic N) is 2. The van der Waals surface area contributed by atoms with Gasteiger partial charge in [-0.25, -0.2) is 0 Å². The van der Waals surface area contributed by atoms with Crippen LogP contribution in [0.15, 0.2) is 30.3 Å². The molecule has 2 saturated heterocycles. The number of rotatable bonds is 6. The van der Waals surface area contributed by atoms with Crippen molar-refractivity contribution < 1.29 is 9.84 Å². The number of ether oxygens (including phenoxy) is 1. The van der Waals surface area contributed by atoms with Gasteiger partial charge in [0.1, 0.15) is 0 Å². The van der Waals surface area contributed by atoms with Gasteiger partial charge in [0.15, 0.2) is 0 Å². The minimum absolute atomic E-state index is 0.255. The van der Waals surface area contributed by atoms with E-state index in [-0.39, 0.29) is 6.10 Å². The fourth-order valence-electron chi connectivity index (χ4n) is 3.66. The number of benzene rings is 1. The SMILES string of the molecule is OC(CN1CCOCC1)CN1CCCC1Cc1ccccc1. The Labute approximate surface area is 133 Å². The van der Waals surface area contributed by atoms with Crippen LogP contribution in [0.2, 0.25) is 0 Å². The molecule has 2 aliphatic heterocycles. The van der Waals surface area contributed by atoms with Crippen molar-refractivity contribution in [2.75, 3.05) is 45.9 Å². The van der Waals surface area contributed by atoms with E-state index in [0.29, 0.717) is 6.04 Å². The Kier molecular flexibility index (Phi) is 5.84. The largest absolute Gasteiger partial charge is 0.390 e. The molecule has 0 aromatic heterocycles. The summed E-state index contributed by atoms with van der Waals surface area (Å²) in [6, 6.07) is 11.3. The first-order chi connectivity index (χ1) is 10.8. The normalized spacial score (nSPS) is 25.4. The van der Waals surface area contributed by atoms with Crippen LogP contribution in [-0.4, -0.2) is 73.0 Å². The summed E-state index contributed by atoms with van der Waals surface area (Å²) in [5.74, 6) is 0. The molecular weight excluding hydrogens is 276 g/mol. The lowest BCUT2D eigenvalue weighted by Crippen LogP contribution is -2.45. The van der Waals surface area contributed by atoms with E-state index >= 15 is 0 Å². The fourth-order valence-corrected chi connectivity index (χ4v) is 3.66. The third kappa shape index (κ3) is 4.53. The molecule has 2 aliphatic rings. The second kappa shape index (κ2) is 8.06. The Bertz CT molecular complexity index is 434. The lowest BCUT2D eigenvalue weighted by atomic mass is 10.0. The molecule has 4 nitrogen and oxygen atoms in total. The second-order valence-electron chi connectivity index (χ2n) is 6.55. The van der Waals surface area contributed by atoms with E-state index in [1.54, 1.807) is 0 Å². The molecule has 0 aliphatic carbocycles. The van der Waals surface area contributed by atoms with Gasteiger partial charge in [-0.15, -0.1) is 0 Å². The molecule has 4 heteroatoms. The monoisotopic (exact) mass is 304 g/mol. The average molecular weight is 304 g/mol. The molecule has 0 amide bonds. The molecule has 22 heavy (non-hydrogen) atoms. The number of aliphatic hydroxyl groups excluding tert-OH is 1. The molecule has 0 radical (unpaired) electrons. The number of hydrogen-bond acceptors (Lipinski definition) is 4. The highest BCUT2D eigenvalue weighted by atomic mass is 16.5. The van der Waals surface area contributed by atoms with E-state index in [9.17, 15) is 5.11 Å². The summed E-state index contributed by atoms with van der Waals surface area (Å²) >= 11 is 0. The van der Waals surface area contributed by atoms with Gasteiger partial charge < -0.3 is 9.84 Å². The maximum atomic E-state index is 10.4. The minimum Gasteiger partial charge on any atom is -0.390 e. The quantitative estimate of drug-likeness (QED) is 0.861. The predicted molar refractivity (Wildman–Crippen MR) is 88.0 cm³/mol. The number of aliphatic hydroxyl groups is 1. The first kappa shape index (κ1) is 15.9. The number of hydrogen-bond donors (Lipinski definition) is 1. The van der Waals surface area contributed by atoms with Crippen LogP contribution >= 0.6 is 0 Å². The highest BCUT2D eigenvalue weighted by Crippen LogP contribution is 2.21. The summed E-state index contributed by atoms with van der Waals surface area (Å²) in [5.41, 5.74) is 1.40. The molecule has 0 spiro atoms. The smallest absolute Gasteiger partial charge is 0.0793 e. The van der Waals surface area contributed by atoms with Crippen molar-refractivity contribution in [3.05, 3.63) is 35.9 Å². The van der Waals surface area contributed by atoms with Crippen LogP contribution in [-0.2, 0) is 11.2 Å². The number of likely N-dealkylation sites (tertiary alicyclic amines) is 1. The summed E-state index contributed by atoms with van der Waals surface area (Å²) in [5, 5.41) is 10.4. The van der Waals surface area contributed by atoms with E-state index in [1.807, 2.05) is 0 Å². The molecule has 3 rings (SSSR count). The van der Waals surface area contributed by atoms with Gasteiger partial charge in [0.2, 0.25) is 0 Å². The first-order valence-corrected chi connectivity index (χ1v) is 8.57. The van der Waals surface area contributed by atoms with Crippen molar-refractivity contribution in [1.82, 2.24) is 9.80 Å². The van der Waals surface area contributed by atoms with E-state index in [4.69, 9.17) is 4.74 Å². The zero-order chi connectivity index (χ0) is 15.2. The lowest BCUT2D eigenvalue weighted by molar-refractivity contribution is 0.00592. The summed E-state index contributed by atoms with van der Waals surface area (Å²) in [7, 11) is 0. The Morgan fingerprint density at radius 1 is 1.09 bits per heavy atom. The Hall–Kier alpha value is -0.940. The maximum absolute atomic E-state index is 10.4. The summed E-state index contributed by atoms with van der Waals surface area (Å²) in [6.07, 6.45) is 3.35. The summed E-state index contributed by atoms with van der Waals surface area (Å²) in [6.45, 7) is 6.19. The zero-order valence-corrected chi connectivity index (χ0v) is 13.4. The van der Waals surface area contributed by atoms with Gasteiger partial charge in [-0.3, -0.25) is 9.80 Å². The van der Waals surface area contributed by atoms with Crippen LogP contribution in [0.3, 0.4) is 0 Å². The third-order valence-corrected chi connectivity index (χ3v) is 4.83. The third-order valence-electron chi connectivity index (χ3n) is 4.83. The molecule has 2 heterocycles. The highest BCUT2D eigenvalue weighted by molar-refractivity contribution is 5.16. The lowest BCUT2D eigenvalue weighted by Gasteiger charge is -2.31. The van der Waals surface area contributed by atoms with Crippen molar-refractivity contribution in [3.8, 4) is 0 Å². The first-order valence-electron chi connectivity index (χ1n) is 8.57. The molecule has 2 unspecified atom stereocenters. The molecule has 1 aromatic rings. The van der Waals surface area contributed by atoms with Gasteiger partial charge >= 0.3 is 0 Å². The zero-order valence-electron chi connectivity index (χ0n) is 13.4. The van der Waals surface area contributed by atoms with Gasteiger partial charge in [0, 0.05) is 32.2 Å². The van der Waals surface area contributed by atoms with Crippen LogP contribution in [0.4, 0.5) is 0 Å². The maximum Gasteiger partial charge on any atom is 0.0793 e. The topological polar surface area (TPSA) is 35.9 Å². The van der Waals surface area contributed by atoms with Crippen LogP contribution in [0.5, 0.6) is 0 Å². The molecule has 2 atom stereocenters. The molecule has 0 saturated carbocycles. The van der Waals surface area contributed by atoms with Crippen LogP contribution < -0.4 is 0 Å². The number of β-amino-alcohol motifs (C(OH)–C–C–N with tert-alkyl or cyclic N) is 1. The molecule has 1 N–H and O–H groups in total. The Morgan fingerprint density at radius 2 is 1.86 bits per heavy atom. The summed E-state index contributed by atoms with van der Waals surface area (Å²) in [4.78, 5) is 4.80. The van der Waals surface area contributed by atoms with Crippen molar-refractivity contribution in [2.45, 2.75) is 31.4 Å². The molecule has 122 valence electrons. The number of morpholine rings is 1. The van der Waals surface area contributed by atoms with E-state index in [0.717, 1.165) is 52.4 Å². The van der Waals surface area contributed by atoms with Crippen LogP contribution in [0.25, 0.3) is 0 Å². The van der Waals surface area contributed by atoms with Gasteiger partial charge in [-0.1, -0.05) is 30.3 Å². The van der Waals surface area contributed by atoms with E-state index < -0.39 is 0 Å². The Balaban J connectivity index is 1.47. The van der Waals surface area contributed by atoms with Crippen molar-refractivity contribution in [1.29, 1.82) is 0 Å². The molecule has 0 bridgehead atoms. The van der Waals surface area contributed by atoms with Gasteiger partial charge in [-0.2, -0.15) is 0 Å². The second-order valence-corrected chi connectivity index (χ2v) is 6.55. The predicted octanol–water partition coefficient (Wildman–Crippen LogP) is 1.39. The molecule has 2 fully saturated rings. The Morgan fingerprint density at radius 3 is 2.64 bits per heavy atom. The molecular formula is C18H28N2O2. The van der Waals surface area contributed by atoms with Gasteiger partial charge in [0.25, 0.3) is 0 Å². The van der Waals surface area contributed by atoms with Crippen molar-refractivity contribution in [2.24, 2.45) is 0 Å². The molecule has 1 aromatic carbocycles.